The molecular formula is C16H20N4O. The van der Waals surface area contributed by atoms with Gasteiger partial charge in [0, 0.05) is 24.6 Å². The molecule has 0 bridgehead atoms. The minimum Gasteiger partial charge on any atom is -0.496 e. The lowest BCUT2D eigenvalue weighted by Crippen LogP contribution is -2.37. The van der Waals surface area contributed by atoms with Crippen LogP contribution >= 0.6 is 0 Å². The van der Waals surface area contributed by atoms with Gasteiger partial charge in [0.15, 0.2) is 0 Å². The highest BCUT2D eigenvalue weighted by Crippen LogP contribution is 2.18. The third-order valence-electron chi connectivity index (χ3n) is 3.77. The van der Waals surface area contributed by atoms with Gasteiger partial charge in [-0.1, -0.05) is 30.4 Å². The molecule has 21 heavy (non-hydrogen) atoms. The Hall–Kier alpha value is -2.14. The van der Waals surface area contributed by atoms with Crippen molar-refractivity contribution in [1.82, 2.24) is 20.1 Å². The Labute approximate surface area is 124 Å². The second kappa shape index (κ2) is 6.54. The fourth-order valence-corrected chi connectivity index (χ4v) is 2.63. The average Bonchev–Trinajstić information content (AvgIpc) is 2.99. The monoisotopic (exact) mass is 284 g/mol. The van der Waals surface area contributed by atoms with Gasteiger partial charge in [0.25, 0.3) is 0 Å². The van der Waals surface area contributed by atoms with Crippen LogP contribution in [0.3, 0.4) is 0 Å². The number of aromatic nitrogens is 3. The SMILES string of the molecule is COc1ccccc1C=CCNC1CCc2ncnn2C1. The molecule has 1 atom stereocenters. The summed E-state index contributed by atoms with van der Waals surface area (Å²) in [4.78, 5) is 4.24. The number of hydrogen-bond acceptors (Lipinski definition) is 4. The second-order valence-electron chi connectivity index (χ2n) is 5.15. The van der Waals surface area contributed by atoms with Crippen molar-refractivity contribution in [2.45, 2.75) is 25.4 Å². The summed E-state index contributed by atoms with van der Waals surface area (Å²) in [6, 6.07) is 8.48. The maximum atomic E-state index is 5.33. The van der Waals surface area contributed by atoms with Crippen molar-refractivity contribution in [1.29, 1.82) is 0 Å². The number of benzene rings is 1. The molecule has 0 amide bonds. The summed E-state index contributed by atoms with van der Waals surface area (Å²) in [5.74, 6) is 2.00. The van der Waals surface area contributed by atoms with Crippen LogP contribution in [0.25, 0.3) is 6.08 Å². The van der Waals surface area contributed by atoms with Gasteiger partial charge < -0.3 is 10.1 Å². The summed E-state index contributed by atoms with van der Waals surface area (Å²) in [6.45, 7) is 1.74. The van der Waals surface area contributed by atoms with Gasteiger partial charge in [-0.15, -0.1) is 0 Å². The van der Waals surface area contributed by atoms with E-state index in [4.69, 9.17) is 4.74 Å². The van der Waals surface area contributed by atoms with Crippen LogP contribution in [0.1, 0.15) is 17.8 Å². The van der Waals surface area contributed by atoms with Gasteiger partial charge >= 0.3 is 0 Å². The number of ether oxygens (including phenoxy) is 1. The molecular weight excluding hydrogens is 264 g/mol. The van der Waals surface area contributed by atoms with Gasteiger partial charge in [-0.25, -0.2) is 9.67 Å². The number of para-hydroxylation sites is 1. The predicted molar refractivity (Wildman–Crippen MR) is 82.2 cm³/mol. The van der Waals surface area contributed by atoms with Crippen molar-refractivity contribution in [2.24, 2.45) is 0 Å². The van der Waals surface area contributed by atoms with Crippen molar-refractivity contribution in [3.8, 4) is 5.75 Å². The summed E-state index contributed by atoms with van der Waals surface area (Å²) >= 11 is 0. The Morgan fingerprint density at radius 1 is 1.43 bits per heavy atom. The van der Waals surface area contributed by atoms with Crippen LogP contribution in [0.15, 0.2) is 36.7 Å². The third-order valence-corrected chi connectivity index (χ3v) is 3.77. The van der Waals surface area contributed by atoms with Crippen molar-refractivity contribution < 1.29 is 4.74 Å². The smallest absolute Gasteiger partial charge is 0.138 e. The number of nitrogens with zero attached hydrogens (tertiary/aromatic N) is 3. The summed E-state index contributed by atoms with van der Waals surface area (Å²) in [6.07, 6.45) is 7.97. The molecule has 2 heterocycles. The van der Waals surface area contributed by atoms with E-state index in [-0.39, 0.29) is 0 Å². The highest BCUT2D eigenvalue weighted by atomic mass is 16.5. The van der Waals surface area contributed by atoms with Gasteiger partial charge in [-0.3, -0.25) is 0 Å². The number of aryl methyl sites for hydroxylation is 1. The molecule has 0 radical (unpaired) electrons. The van der Waals surface area contributed by atoms with E-state index in [0.717, 1.165) is 43.1 Å². The quantitative estimate of drug-likeness (QED) is 0.911. The summed E-state index contributed by atoms with van der Waals surface area (Å²) in [5, 5.41) is 7.78. The van der Waals surface area contributed by atoms with Gasteiger partial charge in [0.1, 0.15) is 17.9 Å². The first-order valence-electron chi connectivity index (χ1n) is 7.26. The van der Waals surface area contributed by atoms with Gasteiger partial charge in [-0.2, -0.15) is 5.10 Å². The number of fused-ring (bicyclic) bond motifs is 1. The highest BCUT2D eigenvalue weighted by molar-refractivity contribution is 5.57. The van der Waals surface area contributed by atoms with Gasteiger partial charge in [0.05, 0.1) is 13.7 Å². The molecule has 1 aliphatic heterocycles. The molecule has 0 aliphatic carbocycles. The Morgan fingerprint density at radius 3 is 3.24 bits per heavy atom. The zero-order valence-electron chi connectivity index (χ0n) is 12.2. The predicted octanol–water partition coefficient (Wildman–Crippen LogP) is 1.90. The van der Waals surface area contributed by atoms with E-state index in [2.05, 4.69) is 33.6 Å². The number of rotatable bonds is 5. The molecule has 5 heteroatoms. The average molecular weight is 284 g/mol. The van der Waals surface area contributed by atoms with Crippen molar-refractivity contribution in [3.05, 3.63) is 48.1 Å². The summed E-state index contributed by atoms with van der Waals surface area (Å²) < 4.78 is 7.32. The summed E-state index contributed by atoms with van der Waals surface area (Å²) in [5.41, 5.74) is 1.10. The molecule has 0 saturated carbocycles. The molecule has 0 fully saturated rings. The molecule has 1 aromatic heterocycles. The largest absolute Gasteiger partial charge is 0.496 e. The topological polar surface area (TPSA) is 52.0 Å². The van der Waals surface area contributed by atoms with E-state index >= 15 is 0 Å². The van der Waals surface area contributed by atoms with Gasteiger partial charge in [-0.05, 0) is 12.5 Å². The van der Waals surface area contributed by atoms with Crippen molar-refractivity contribution in [2.75, 3.05) is 13.7 Å². The fourth-order valence-electron chi connectivity index (χ4n) is 2.63. The van der Waals surface area contributed by atoms with Crippen LogP contribution in [-0.4, -0.2) is 34.5 Å². The Balaban J connectivity index is 1.51. The second-order valence-corrected chi connectivity index (χ2v) is 5.15. The molecule has 1 aliphatic rings. The van der Waals surface area contributed by atoms with E-state index in [1.807, 2.05) is 22.9 Å². The molecule has 5 nitrogen and oxygen atoms in total. The van der Waals surface area contributed by atoms with E-state index in [9.17, 15) is 0 Å². The molecule has 1 N–H and O–H groups in total. The molecule has 2 aromatic rings. The zero-order valence-corrected chi connectivity index (χ0v) is 12.2. The normalized spacial score (nSPS) is 17.9. The number of nitrogens with one attached hydrogen (secondary N) is 1. The molecule has 0 spiro atoms. The third kappa shape index (κ3) is 3.31. The summed E-state index contributed by atoms with van der Waals surface area (Å²) in [7, 11) is 1.70. The Bertz CT molecular complexity index is 620. The molecule has 1 aromatic carbocycles. The Morgan fingerprint density at radius 2 is 2.33 bits per heavy atom. The number of hydrogen-bond donors (Lipinski definition) is 1. The number of methoxy groups -OCH3 is 1. The standard InChI is InChI=1S/C16H20N4O/c1-21-15-7-3-2-5-13(15)6-4-10-17-14-8-9-16-18-12-19-20(16)11-14/h2-7,12,14,17H,8-11H2,1H3. The first-order valence-corrected chi connectivity index (χ1v) is 7.26. The molecule has 0 saturated heterocycles. The highest BCUT2D eigenvalue weighted by Gasteiger charge is 2.18. The van der Waals surface area contributed by atoms with Crippen LogP contribution in [0.5, 0.6) is 5.75 Å². The first-order chi connectivity index (χ1) is 10.4. The lowest BCUT2D eigenvalue weighted by atomic mass is 10.1. The molecule has 1 unspecified atom stereocenters. The maximum absolute atomic E-state index is 5.33. The van der Waals surface area contributed by atoms with E-state index < -0.39 is 0 Å². The Kier molecular flexibility index (Phi) is 4.31. The molecule has 3 rings (SSSR count). The van der Waals surface area contributed by atoms with E-state index in [1.165, 1.54) is 0 Å². The minimum atomic E-state index is 0.460. The van der Waals surface area contributed by atoms with Crippen LogP contribution < -0.4 is 10.1 Å². The fraction of sp³-hybridized carbons (Fsp3) is 0.375. The minimum absolute atomic E-state index is 0.460. The van der Waals surface area contributed by atoms with Crippen LogP contribution in [0.4, 0.5) is 0 Å². The van der Waals surface area contributed by atoms with Crippen molar-refractivity contribution >= 4 is 6.08 Å². The van der Waals surface area contributed by atoms with Crippen molar-refractivity contribution in [3.63, 3.8) is 0 Å². The van der Waals surface area contributed by atoms with Gasteiger partial charge in [0.2, 0.25) is 0 Å². The lowest BCUT2D eigenvalue weighted by molar-refractivity contribution is 0.369. The lowest BCUT2D eigenvalue weighted by Gasteiger charge is -2.23. The van der Waals surface area contributed by atoms with Crippen LogP contribution in [0, 0.1) is 0 Å². The van der Waals surface area contributed by atoms with E-state index in [0.29, 0.717) is 6.04 Å². The molecule has 110 valence electrons. The maximum Gasteiger partial charge on any atom is 0.138 e. The van der Waals surface area contributed by atoms with E-state index in [1.54, 1.807) is 13.4 Å². The van der Waals surface area contributed by atoms with Crippen LogP contribution in [-0.2, 0) is 13.0 Å². The van der Waals surface area contributed by atoms with Crippen LogP contribution in [0.2, 0.25) is 0 Å². The zero-order chi connectivity index (χ0) is 14.5. The first kappa shape index (κ1) is 13.8.